The highest BCUT2D eigenvalue weighted by Gasteiger charge is 2.26. The molecule has 0 saturated carbocycles. The molecule has 3 rings (SSSR count). The van der Waals surface area contributed by atoms with Gasteiger partial charge in [-0.25, -0.2) is 0 Å². The lowest BCUT2D eigenvalue weighted by molar-refractivity contribution is -0.133. The summed E-state index contributed by atoms with van der Waals surface area (Å²) in [5, 5.41) is 0. The Balaban J connectivity index is 0.00000182. The smallest absolute Gasteiger partial charge is 0.222 e. The fourth-order valence-electron chi connectivity index (χ4n) is 4.21. The van der Waals surface area contributed by atoms with E-state index >= 15 is 0 Å². The van der Waals surface area contributed by atoms with E-state index in [4.69, 9.17) is 5.73 Å². The van der Waals surface area contributed by atoms with Gasteiger partial charge >= 0.3 is 0 Å². The first-order valence-corrected chi connectivity index (χ1v) is 9.95. The first kappa shape index (κ1) is 24.1. The molecule has 2 aliphatic rings. The lowest BCUT2D eigenvalue weighted by Crippen LogP contribution is -2.45. The topological polar surface area (TPSA) is 49.6 Å². The van der Waals surface area contributed by atoms with Gasteiger partial charge < -0.3 is 15.5 Å². The summed E-state index contributed by atoms with van der Waals surface area (Å²) in [5.41, 5.74) is 7.88. The molecule has 1 atom stereocenters. The Morgan fingerprint density at radius 2 is 1.81 bits per heavy atom. The number of para-hydroxylation sites is 1. The number of hydrogen-bond donors (Lipinski definition) is 1. The molecule has 2 aliphatic heterocycles. The van der Waals surface area contributed by atoms with Crippen molar-refractivity contribution in [3.63, 3.8) is 0 Å². The Morgan fingerprint density at radius 1 is 1.11 bits per heavy atom. The van der Waals surface area contributed by atoms with Crippen LogP contribution in [0.2, 0.25) is 0 Å². The molecule has 2 heterocycles. The maximum atomic E-state index is 12.6. The monoisotopic (exact) mass is 415 g/mol. The van der Waals surface area contributed by atoms with Gasteiger partial charge in [-0.2, -0.15) is 0 Å². The first-order chi connectivity index (χ1) is 12.1. The molecule has 0 spiro atoms. The number of nitrogens with zero attached hydrogens (tertiary/aromatic N) is 2. The quantitative estimate of drug-likeness (QED) is 0.738. The van der Waals surface area contributed by atoms with Crippen LogP contribution in [0.25, 0.3) is 0 Å². The lowest BCUT2D eigenvalue weighted by atomic mass is 9.94. The van der Waals surface area contributed by atoms with Gasteiger partial charge in [-0.15, -0.1) is 24.8 Å². The molecule has 6 heteroatoms. The van der Waals surface area contributed by atoms with Crippen molar-refractivity contribution in [1.29, 1.82) is 0 Å². The van der Waals surface area contributed by atoms with Crippen LogP contribution >= 0.6 is 24.8 Å². The van der Waals surface area contributed by atoms with Crippen molar-refractivity contribution in [2.45, 2.75) is 45.4 Å². The molecule has 0 aromatic heterocycles. The minimum Gasteiger partial charge on any atom is -0.399 e. The molecule has 4 nitrogen and oxygen atoms in total. The molecule has 1 aromatic rings. The predicted octanol–water partition coefficient (Wildman–Crippen LogP) is 4.02. The Labute approximate surface area is 176 Å². The highest BCUT2D eigenvalue weighted by molar-refractivity contribution is 5.85. The second-order valence-electron chi connectivity index (χ2n) is 8.03. The molecule has 0 aliphatic carbocycles. The van der Waals surface area contributed by atoms with E-state index in [2.05, 4.69) is 16.7 Å². The third-order valence-electron chi connectivity index (χ3n) is 5.93. The summed E-state index contributed by atoms with van der Waals surface area (Å²) in [6.45, 7) is 7.86. The number of aryl methyl sites for hydroxylation is 1. The van der Waals surface area contributed by atoms with Gasteiger partial charge in [-0.05, 0) is 68.7 Å². The van der Waals surface area contributed by atoms with Crippen LogP contribution in [0.15, 0.2) is 24.3 Å². The Morgan fingerprint density at radius 3 is 2.52 bits per heavy atom. The number of anilines is 1. The number of benzene rings is 1. The predicted molar refractivity (Wildman–Crippen MR) is 118 cm³/mol. The van der Waals surface area contributed by atoms with Gasteiger partial charge in [0.1, 0.15) is 0 Å². The standard InChI is InChI=1S/C21H33N3O.2ClH/c1-17-10-13-23(14-11-17)15-18-5-4-12-24(16-18)21(25)9-8-19-6-2-3-7-20(19)22;;/h2-3,6-7,17-18H,4-5,8-16,22H2,1H3;2*1H. The molecule has 27 heavy (non-hydrogen) atoms. The van der Waals surface area contributed by atoms with Gasteiger partial charge in [0, 0.05) is 31.7 Å². The number of likely N-dealkylation sites (tertiary alicyclic amines) is 2. The van der Waals surface area contributed by atoms with Crippen molar-refractivity contribution in [3.8, 4) is 0 Å². The van der Waals surface area contributed by atoms with Crippen LogP contribution in [0.4, 0.5) is 5.69 Å². The van der Waals surface area contributed by atoms with Crippen molar-refractivity contribution < 1.29 is 4.79 Å². The van der Waals surface area contributed by atoms with E-state index in [9.17, 15) is 4.79 Å². The van der Waals surface area contributed by atoms with Crippen molar-refractivity contribution in [2.75, 3.05) is 38.5 Å². The Hall–Kier alpha value is -0.970. The van der Waals surface area contributed by atoms with Gasteiger partial charge in [-0.1, -0.05) is 25.1 Å². The lowest BCUT2D eigenvalue weighted by Gasteiger charge is -2.38. The van der Waals surface area contributed by atoms with Crippen LogP contribution in [0.5, 0.6) is 0 Å². The number of amides is 1. The summed E-state index contributed by atoms with van der Waals surface area (Å²) in [6.07, 6.45) is 6.39. The molecule has 2 saturated heterocycles. The number of halogens is 2. The van der Waals surface area contributed by atoms with Crippen LogP contribution in [0.1, 0.15) is 44.6 Å². The van der Waals surface area contributed by atoms with Crippen LogP contribution in [-0.2, 0) is 11.2 Å². The Bertz CT molecular complexity index is 576. The van der Waals surface area contributed by atoms with E-state index in [1.165, 1.54) is 38.9 Å². The number of piperidine rings is 2. The third-order valence-corrected chi connectivity index (χ3v) is 5.93. The molecule has 1 amide bonds. The zero-order valence-electron chi connectivity index (χ0n) is 16.4. The van der Waals surface area contributed by atoms with Crippen LogP contribution in [-0.4, -0.2) is 48.4 Å². The largest absolute Gasteiger partial charge is 0.399 e. The minimum atomic E-state index is 0. The number of nitrogen functional groups attached to an aromatic ring is 1. The first-order valence-electron chi connectivity index (χ1n) is 9.95. The van der Waals surface area contributed by atoms with Crippen molar-refractivity contribution in [1.82, 2.24) is 9.80 Å². The van der Waals surface area contributed by atoms with Gasteiger partial charge in [0.25, 0.3) is 0 Å². The number of nitrogens with two attached hydrogens (primary N) is 1. The highest BCUT2D eigenvalue weighted by atomic mass is 35.5. The second-order valence-corrected chi connectivity index (χ2v) is 8.03. The Kier molecular flexibility index (Phi) is 10.5. The zero-order valence-corrected chi connectivity index (χ0v) is 18.1. The van der Waals surface area contributed by atoms with Gasteiger partial charge in [0.05, 0.1) is 0 Å². The maximum absolute atomic E-state index is 12.6. The highest BCUT2D eigenvalue weighted by Crippen LogP contribution is 2.22. The summed E-state index contributed by atoms with van der Waals surface area (Å²) in [4.78, 5) is 17.3. The summed E-state index contributed by atoms with van der Waals surface area (Å²) < 4.78 is 0. The van der Waals surface area contributed by atoms with E-state index in [1.54, 1.807) is 0 Å². The number of hydrogen-bond acceptors (Lipinski definition) is 3. The van der Waals surface area contributed by atoms with Crippen LogP contribution < -0.4 is 5.73 Å². The average Bonchev–Trinajstić information content (AvgIpc) is 2.63. The van der Waals surface area contributed by atoms with Crippen molar-refractivity contribution in [2.24, 2.45) is 11.8 Å². The van der Waals surface area contributed by atoms with E-state index < -0.39 is 0 Å². The number of carbonyl (C=O) groups excluding carboxylic acids is 1. The fourth-order valence-corrected chi connectivity index (χ4v) is 4.21. The number of carbonyl (C=O) groups is 1. The summed E-state index contributed by atoms with van der Waals surface area (Å²) >= 11 is 0. The second kappa shape index (κ2) is 11.8. The van der Waals surface area contributed by atoms with Gasteiger partial charge in [-0.3, -0.25) is 4.79 Å². The van der Waals surface area contributed by atoms with Crippen molar-refractivity contribution >= 4 is 36.4 Å². The maximum Gasteiger partial charge on any atom is 0.222 e. The van der Waals surface area contributed by atoms with E-state index in [0.717, 1.165) is 43.1 Å². The molecule has 2 fully saturated rings. The number of rotatable bonds is 5. The molecule has 154 valence electrons. The molecular weight excluding hydrogens is 381 g/mol. The summed E-state index contributed by atoms with van der Waals surface area (Å²) in [7, 11) is 0. The minimum absolute atomic E-state index is 0. The zero-order chi connectivity index (χ0) is 17.6. The summed E-state index contributed by atoms with van der Waals surface area (Å²) in [6, 6.07) is 7.87. The SMILES string of the molecule is CC1CCN(CC2CCCN(C(=O)CCc3ccccc3N)C2)CC1.Cl.Cl. The molecular formula is C21H35Cl2N3O. The van der Waals surface area contributed by atoms with Crippen LogP contribution in [0.3, 0.4) is 0 Å². The third kappa shape index (κ3) is 7.17. The molecule has 1 aromatic carbocycles. The van der Waals surface area contributed by atoms with Crippen LogP contribution in [0, 0.1) is 11.8 Å². The average molecular weight is 416 g/mol. The molecule has 1 unspecified atom stereocenters. The molecule has 2 N–H and O–H groups in total. The fraction of sp³-hybridized carbons (Fsp3) is 0.667. The van der Waals surface area contributed by atoms with Gasteiger partial charge in [0.15, 0.2) is 0 Å². The van der Waals surface area contributed by atoms with Crippen molar-refractivity contribution in [3.05, 3.63) is 29.8 Å². The molecule has 0 radical (unpaired) electrons. The normalized spacial score (nSPS) is 21.2. The van der Waals surface area contributed by atoms with E-state index in [-0.39, 0.29) is 24.8 Å². The van der Waals surface area contributed by atoms with E-state index in [1.807, 2.05) is 24.3 Å². The summed E-state index contributed by atoms with van der Waals surface area (Å²) in [5.74, 6) is 1.82. The molecule has 0 bridgehead atoms. The van der Waals surface area contributed by atoms with Gasteiger partial charge in [0.2, 0.25) is 5.91 Å². The van der Waals surface area contributed by atoms with E-state index in [0.29, 0.717) is 18.2 Å².